The number of hydrogen-bond acceptors (Lipinski definition) is 3. The highest BCUT2D eigenvalue weighted by Crippen LogP contribution is 2.17. The zero-order valence-electron chi connectivity index (χ0n) is 7.15. The molecule has 0 heterocycles. The minimum Gasteiger partial charge on any atom is -0.507 e. The molecule has 1 aromatic rings. The fourth-order valence-electron chi connectivity index (χ4n) is 0.783. The molecule has 13 heavy (non-hydrogen) atoms. The Balaban J connectivity index is 2.69. The van der Waals surface area contributed by atoms with E-state index in [9.17, 15) is 4.79 Å². The lowest BCUT2D eigenvalue weighted by atomic mass is 10.3. The minimum atomic E-state index is -0.465. The van der Waals surface area contributed by atoms with Gasteiger partial charge in [0.15, 0.2) is 0 Å². The summed E-state index contributed by atoms with van der Waals surface area (Å²) >= 11 is 0. The Kier molecular flexibility index (Phi) is 3.09. The van der Waals surface area contributed by atoms with Gasteiger partial charge < -0.3 is 9.84 Å². The number of ether oxygens (including phenoxy) is 1. The van der Waals surface area contributed by atoms with Crippen LogP contribution in [0.25, 0.3) is 0 Å². The number of esters is 1. The zero-order valence-corrected chi connectivity index (χ0v) is 7.15. The number of allylic oxidation sites excluding steroid dienone is 1. The first kappa shape index (κ1) is 9.32. The molecule has 0 aliphatic carbocycles. The summed E-state index contributed by atoms with van der Waals surface area (Å²) in [6.07, 6.45) is 2.88. The highest BCUT2D eigenvalue weighted by molar-refractivity contribution is 5.83. The van der Waals surface area contributed by atoms with Crippen LogP contribution in [0.15, 0.2) is 30.4 Å². The first-order valence-electron chi connectivity index (χ1n) is 3.77. The number of rotatable bonds is 2. The summed E-state index contributed by atoms with van der Waals surface area (Å²) in [4.78, 5) is 10.9. The van der Waals surface area contributed by atoms with Crippen LogP contribution in [0.3, 0.4) is 0 Å². The van der Waals surface area contributed by atoms with Crippen LogP contribution in [0, 0.1) is 6.07 Å². The molecule has 0 atom stereocenters. The number of phenolic OH excluding ortho intramolecular Hbond substituents is 1. The maximum atomic E-state index is 10.9. The van der Waals surface area contributed by atoms with Crippen molar-refractivity contribution in [1.82, 2.24) is 0 Å². The quantitative estimate of drug-likeness (QED) is 0.424. The van der Waals surface area contributed by atoms with Crippen molar-refractivity contribution in [3.63, 3.8) is 0 Å². The van der Waals surface area contributed by atoms with Gasteiger partial charge in [-0.1, -0.05) is 6.08 Å². The summed E-state index contributed by atoms with van der Waals surface area (Å²) in [5, 5.41) is 8.99. The molecule has 3 nitrogen and oxygen atoms in total. The third-order valence-electron chi connectivity index (χ3n) is 1.28. The highest BCUT2D eigenvalue weighted by Gasteiger charge is 1.99. The zero-order chi connectivity index (χ0) is 9.68. The molecule has 67 valence electrons. The first-order valence-corrected chi connectivity index (χ1v) is 3.77. The van der Waals surface area contributed by atoms with Gasteiger partial charge in [-0.3, -0.25) is 0 Å². The van der Waals surface area contributed by atoms with E-state index < -0.39 is 5.97 Å². The number of phenols is 1. The predicted octanol–water partition coefficient (Wildman–Crippen LogP) is 1.67. The number of aromatic hydroxyl groups is 1. The van der Waals surface area contributed by atoms with Gasteiger partial charge in [-0.05, 0) is 19.1 Å². The summed E-state index contributed by atoms with van der Waals surface area (Å²) < 4.78 is 4.83. The molecule has 0 saturated heterocycles. The van der Waals surface area contributed by atoms with Crippen molar-refractivity contribution in [3.05, 3.63) is 36.4 Å². The highest BCUT2D eigenvalue weighted by atomic mass is 16.5. The molecule has 0 aliphatic rings. The number of carbonyl (C=O) groups excluding carboxylic acids is 1. The number of benzene rings is 1. The first-order chi connectivity index (χ1) is 6.22. The van der Waals surface area contributed by atoms with Crippen LogP contribution in [0.1, 0.15) is 6.92 Å². The molecule has 0 amide bonds. The van der Waals surface area contributed by atoms with Gasteiger partial charge in [-0.25, -0.2) is 4.79 Å². The van der Waals surface area contributed by atoms with Gasteiger partial charge in [0.25, 0.3) is 0 Å². The SMILES string of the molecule is CC=CC(=O)Oc1cc[c]c(O)c1. The van der Waals surface area contributed by atoms with E-state index in [1.807, 2.05) is 0 Å². The summed E-state index contributed by atoms with van der Waals surface area (Å²) in [6, 6.07) is 6.87. The smallest absolute Gasteiger partial charge is 0.335 e. The molecule has 1 radical (unpaired) electrons. The van der Waals surface area contributed by atoms with Crippen LogP contribution in [0.2, 0.25) is 0 Å². The molecular formula is C10H9O3. The lowest BCUT2D eigenvalue weighted by molar-refractivity contribution is -0.128. The van der Waals surface area contributed by atoms with Crippen molar-refractivity contribution >= 4 is 5.97 Å². The second-order valence-electron chi connectivity index (χ2n) is 2.33. The average Bonchev–Trinajstić information content (AvgIpc) is 2.04. The molecule has 0 saturated carbocycles. The lowest BCUT2D eigenvalue weighted by Crippen LogP contribution is -2.03. The largest absolute Gasteiger partial charge is 0.507 e. The number of carbonyl (C=O) groups is 1. The van der Waals surface area contributed by atoms with Gasteiger partial charge in [0.05, 0.1) is 0 Å². The van der Waals surface area contributed by atoms with Crippen molar-refractivity contribution in [1.29, 1.82) is 0 Å². The summed E-state index contributed by atoms with van der Waals surface area (Å²) in [5.41, 5.74) is 0. The van der Waals surface area contributed by atoms with Gasteiger partial charge >= 0.3 is 5.97 Å². The molecule has 0 fully saturated rings. The Labute approximate surface area is 76.3 Å². The molecule has 0 spiro atoms. The molecule has 0 aromatic heterocycles. The van der Waals surface area contributed by atoms with Crippen LogP contribution >= 0.6 is 0 Å². The van der Waals surface area contributed by atoms with E-state index in [0.717, 1.165) is 0 Å². The molecule has 0 unspecified atom stereocenters. The minimum absolute atomic E-state index is 0.0502. The number of hydrogen-bond donors (Lipinski definition) is 1. The van der Waals surface area contributed by atoms with E-state index in [-0.39, 0.29) is 5.75 Å². The van der Waals surface area contributed by atoms with Gasteiger partial charge in [0.1, 0.15) is 11.5 Å². The van der Waals surface area contributed by atoms with Crippen LogP contribution < -0.4 is 4.74 Å². The maximum Gasteiger partial charge on any atom is 0.335 e. The monoisotopic (exact) mass is 177 g/mol. The summed E-state index contributed by atoms with van der Waals surface area (Å²) in [7, 11) is 0. The van der Waals surface area contributed by atoms with Gasteiger partial charge in [-0.15, -0.1) is 0 Å². The van der Waals surface area contributed by atoms with Crippen LogP contribution in [0.4, 0.5) is 0 Å². The van der Waals surface area contributed by atoms with Crippen molar-refractivity contribution in [2.45, 2.75) is 6.92 Å². The molecular weight excluding hydrogens is 168 g/mol. The molecule has 1 N–H and O–H groups in total. The normalized spacial score (nSPS) is 10.2. The van der Waals surface area contributed by atoms with Crippen molar-refractivity contribution in [2.75, 3.05) is 0 Å². The Morgan fingerprint density at radius 1 is 1.69 bits per heavy atom. The van der Waals surface area contributed by atoms with Gasteiger partial charge in [-0.2, -0.15) is 0 Å². The van der Waals surface area contributed by atoms with Gasteiger partial charge in [0.2, 0.25) is 0 Å². The predicted molar refractivity (Wildman–Crippen MR) is 47.4 cm³/mol. The second kappa shape index (κ2) is 4.30. The van der Waals surface area contributed by atoms with E-state index in [1.165, 1.54) is 18.2 Å². The molecule has 3 heteroatoms. The Bertz CT molecular complexity index is 329. The topological polar surface area (TPSA) is 46.5 Å². The Morgan fingerprint density at radius 2 is 2.46 bits per heavy atom. The van der Waals surface area contributed by atoms with E-state index in [2.05, 4.69) is 6.07 Å². The second-order valence-corrected chi connectivity index (χ2v) is 2.33. The fraction of sp³-hybridized carbons (Fsp3) is 0.100. The van der Waals surface area contributed by atoms with E-state index in [0.29, 0.717) is 5.75 Å². The summed E-state index contributed by atoms with van der Waals surface area (Å²) in [5.74, 6) is -0.210. The third-order valence-corrected chi connectivity index (χ3v) is 1.28. The molecule has 0 bridgehead atoms. The van der Waals surface area contributed by atoms with Gasteiger partial charge in [0, 0.05) is 18.2 Å². The molecule has 1 aromatic carbocycles. The van der Waals surface area contributed by atoms with Crippen molar-refractivity contribution < 1.29 is 14.6 Å². The Hall–Kier alpha value is -1.77. The van der Waals surface area contributed by atoms with E-state index in [4.69, 9.17) is 9.84 Å². The lowest BCUT2D eigenvalue weighted by Gasteiger charge is -2.00. The molecule has 1 rings (SSSR count). The van der Waals surface area contributed by atoms with Crippen molar-refractivity contribution in [2.24, 2.45) is 0 Å². The van der Waals surface area contributed by atoms with Crippen LogP contribution in [-0.2, 0) is 4.79 Å². The van der Waals surface area contributed by atoms with Crippen LogP contribution in [0.5, 0.6) is 11.5 Å². The van der Waals surface area contributed by atoms with Crippen LogP contribution in [-0.4, -0.2) is 11.1 Å². The Morgan fingerprint density at radius 3 is 3.08 bits per heavy atom. The standard InChI is InChI=1S/C10H9O3/c1-2-4-10(12)13-9-6-3-5-8(11)7-9/h2-4,6-7,11H,1H3. The summed E-state index contributed by atoms with van der Waals surface area (Å²) in [6.45, 7) is 1.72. The average molecular weight is 177 g/mol. The van der Waals surface area contributed by atoms with Crippen molar-refractivity contribution in [3.8, 4) is 11.5 Å². The third kappa shape index (κ3) is 2.99. The maximum absolute atomic E-state index is 10.9. The molecule has 0 aliphatic heterocycles. The van der Waals surface area contributed by atoms with E-state index >= 15 is 0 Å². The van der Waals surface area contributed by atoms with E-state index in [1.54, 1.807) is 19.1 Å². The fourth-order valence-corrected chi connectivity index (χ4v) is 0.783.